The number of Topliss-reactive ketones (excluding diaryl/α,β-unsaturated/α-hetero) is 1. The van der Waals surface area contributed by atoms with Gasteiger partial charge in [-0.15, -0.1) is 0 Å². The molecule has 0 atom stereocenters. The summed E-state index contributed by atoms with van der Waals surface area (Å²) >= 11 is 0. The summed E-state index contributed by atoms with van der Waals surface area (Å²) in [5.41, 5.74) is 2.14. The van der Waals surface area contributed by atoms with Gasteiger partial charge in [0.1, 0.15) is 5.78 Å². The van der Waals surface area contributed by atoms with Crippen molar-refractivity contribution in [3.63, 3.8) is 0 Å². The molecule has 88 valence electrons. The zero-order valence-corrected chi connectivity index (χ0v) is 10.3. The SMILES string of the molecule is CC(C)C(=O)CCc1cnc2ccccc2c1. The van der Waals surface area contributed by atoms with E-state index in [0.29, 0.717) is 12.2 Å². The Balaban J connectivity index is 2.12. The first-order valence-corrected chi connectivity index (χ1v) is 6.03. The molecule has 0 radical (unpaired) electrons. The molecule has 0 spiro atoms. The Bertz CT molecular complexity index is 531. The van der Waals surface area contributed by atoms with Gasteiger partial charge in [-0.25, -0.2) is 0 Å². The second-order valence-corrected chi connectivity index (χ2v) is 4.66. The maximum atomic E-state index is 11.6. The first-order valence-electron chi connectivity index (χ1n) is 6.03. The molecule has 2 nitrogen and oxygen atoms in total. The van der Waals surface area contributed by atoms with Crippen LogP contribution in [0.25, 0.3) is 10.9 Å². The van der Waals surface area contributed by atoms with Crippen molar-refractivity contribution in [1.82, 2.24) is 4.98 Å². The second kappa shape index (κ2) is 5.09. The quantitative estimate of drug-likeness (QED) is 0.801. The standard InChI is InChI=1S/C15H17NO/c1-11(2)15(17)8-7-12-9-13-5-3-4-6-14(13)16-10-12/h3-6,9-11H,7-8H2,1-2H3. The number of carbonyl (C=O) groups is 1. The lowest BCUT2D eigenvalue weighted by Gasteiger charge is -2.05. The van der Waals surface area contributed by atoms with E-state index in [-0.39, 0.29) is 5.92 Å². The van der Waals surface area contributed by atoms with Gasteiger partial charge in [-0.1, -0.05) is 32.0 Å². The largest absolute Gasteiger partial charge is 0.299 e. The van der Waals surface area contributed by atoms with E-state index in [2.05, 4.69) is 17.1 Å². The average molecular weight is 227 g/mol. The van der Waals surface area contributed by atoms with Crippen molar-refractivity contribution in [2.45, 2.75) is 26.7 Å². The molecule has 0 amide bonds. The van der Waals surface area contributed by atoms with Gasteiger partial charge in [0.2, 0.25) is 0 Å². The maximum Gasteiger partial charge on any atom is 0.135 e. The minimum absolute atomic E-state index is 0.128. The number of aryl methyl sites for hydroxylation is 1. The zero-order chi connectivity index (χ0) is 12.3. The smallest absolute Gasteiger partial charge is 0.135 e. The molecule has 2 rings (SSSR count). The number of para-hydroxylation sites is 1. The average Bonchev–Trinajstić information content (AvgIpc) is 2.35. The molecule has 0 saturated heterocycles. The number of benzene rings is 1. The third-order valence-electron chi connectivity index (χ3n) is 2.95. The first-order chi connectivity index (χ1) is 8.16. The highest BCUT2D eigenvalue weighted by Crippen LogP contribution is 2.14. The predicted molar refractivity (Wildman–Crippen MR) is 69.9 cm³/mol. The first kappa shape index (κ1) is 11.8. The molecule has 0 N–H and O–H groups in total. The second-order valence-electron chi connectivity index (χ2n) is 4.66. The molecule has 0 aliphatic carbocycles. The lowest BCUT2D eigenvalue weighted by Crippen LogP contribution is -2.07. The van der Waals surface area contributed by atoms with Crippen LogP contribution in [0.5, 0.6) is 0 Å². The monoisotopic (exact) mass is 227 g/mol. The van der Waals surface area contributed by atoms with Crippen molar-refractivity contribution in [3.8, 4) is 0 Å². The molecular formula is C15H17NO. The number of aromatic nitrogens is 1. The van der Waals surface area contributed by atoms with E-state index in [1.807, 2.05) is 38.2 Å². The van der Waals surface area contributed by atoms with Gasteiger partial charge in [0, 0.05) is 23.9 Å². The summed E-state index contributed by atoms with van der Waals surface area (Å²) in [5, 5.41) is 1.14. The van der Waals surface area contributed by atoms with Crippen molar-refractivity contribution < 1.29 is 4.79 Å². The third kappa shape index (κ3) is 2.90. The molecule has 1 heterocycles. The Hall–Kier alpha value is -1.70. The number of nitrogens with zero attached hydrogens (tertiary/aromatic N) is 1. The van der Waals surface area contributed by atoms with Crippen LogP contribution in [-0.4, -0.2) is 10.8 Å². The van der Waals surface area contributed by atoms with Crippen LogP contribution in [0.2, 0.25) is 0 Å². The molecule has 0 unspecified atom stereocenters. The number of hydrogen-bond acceptors (Lipinski definition) is 2. The van der Waals surface area contributed by atoms with Gasteiger partial charge in [-0.05, 0) is 24.1 Å². The topological polar surface area (TPSA) is 30.0 Å². The predicted octanol–water partition coefficient (Wildman–Crippen LogP) is 3.39. The minimum atomic E-state index is 0.128. The maximum absolute atomic E-state index is 11.6. The summed E-state index contributed by atoms with van der Waals surface area (Å²) in [7, 11) is 0. The van der Waals surface area contributed by atoms with Crippen LogP contribution in [0.4, 0.5) is 0 Å². The van der Waals surface area contributed by atoms with Gasteiger partial charge in [0.25, 0.3) is 0 Å². The Kier molecular flexibility index (Phi) is 3.52. The van der Waals surface area contributed by atoms with Gasteiger partial charge in [0.15, 0.2) is 0 Å². The minimum Gasteiger partial charge on any atom is -0.299 e. The van der Waals surface area contributed by atoms with Gasteiger partial charge < -0.3 is 0 Å². The molecule has 1 aromatic heterocycles. The summed E-state index contributed by atoms with van der Waals surface area (Å²) in [6.45, 7) is 3.89. The molecule has 2 heteroatoms. The van der Waals surface area contributed by atoms with Crippen LogP contribution in [0.1, 0.15) is 25.8 Å². The number of fused-ring (bicyclic) bond motifs is 1. The van der Waals surface area contributed by atoms with Gasteiger partial charge in [-0.3, -0.25) is 9.78 Å². The van der Waals surface area contributed by atoms with Gasteiger partial charge in [0.05, 0.1) is 5.52 Å². The summed E-state index contributed by atoms with van der Waals surface area (Å²) < 4.78 is 0. The molecule has 0 aliphatic rings. The van der Waals surface area contributed by atoms with Crippen LogP contribution < -0.4 is 0 Å². The molecule has 0 bridgehead atoms. The summed E-state index contributed by atoms with van der Waals surface area (Å²) in [4.78, 5) is 16.0. The van der Waals surface area contributed by atoms with E-state index in [4.69, 9.17) is 0 Å². The highest BCUT2D eigenvalue weighted by atomic mass is 16.1. The lowest BCUT2D eigenvalue weighted by molar-refractivity contribution is -0.121. The van der Waals surface area contributed by atoms with Gasteiger partial charge in [-0.2, -0.15) is 0 Å². The molecule has 0 fully saturated rings. The van der Waals surface area contributed by atoms with E-state index in [0.717, 1.165) is 22.9 Å². The Labute approximate surface area is 102 Å². The molecule has 1 aromatic carbocycles. The Morgan fingerprint density at radius 1 is 1.29 bits per heavy atom. The number of pyridine rings is 1. The van der Waals surface area contributed by atoms with E-state index in [1.165, 1.54) is 0 Å². The fraction of sp³-hybridized carbons (Fsp3) is 0.333. The fourth-order valence-corrected chi connectivity index (χ4v) is 1.81. The van der Waals surface area contributed by atoms with Crippen LogP contribution in [0.3, 0.4) is 0 Å². The van der Waals surface area contributed by atoms with Crippen molar-refractivity contribution in [3.05, 3.63) is 42.1 Å². The van der Waals surface area contributed by atoms with Crippen LogP contribution in [0, 0.1) is 5.92 Å². The van der Waals surface area contributed by atoms with Crippen molar-refractivity contribution in [2.24, 2.45) is 5.92 Å². The van der Waals surface area contributed by atoms with Crippen molar-refractivity contribution in [2.75, 3.05) is 0 Å². The Morgan fingerprint density at radius 2 is 2.06 bits per heavy atom. The van der Waals surface area contributed by atoms with E-state index in [1.54, 1.807) is 0 Å². The van der Waals surface area contributed by atoms with Gasteiger partial charge >= 0.3 is 0 Å². The van der Waals surface area contributed by atoms with E-state index < -0.39 is 0 Å². The molecule has 0 aliphatic heterocycles. The zero-order valence-electron chi connectivity index (χ0n) is 10.3. The fourth-order valence-electron chi connectivity index (χ4n) is 1.81. The van der Waals surface area contributed by atoms with Crippen LogP contribution in [0.15, 0.2) is 36.5 Å². The van der Waals surface area contributed by atoms with Crippen molar-refractivity contribution in [1.29, 1.82) is 0 Å². The van der Waals surface area contributed by atoms with Crippen LogP contribution in [-0.2, 0) is 11.2 Å². The highest BCUT2D eigenvalue weighted by molar-refractivity contribution is 5.81. The third-order valence-corrected chi connectivity index (χ3v) is 2.95. The number of rotatable bonds is 4. The summed E-state index contributed by atoms with van der Waals surface area (Å²) in [6.07, 6.45) is 3.27. The van der Waals surface area contributed by atoms with E-state index >= 15 is 0 Å². The normalized spacial score (nSPS) is 11.0. The molecule has 2 aromatic rings. The molecule has 0 saturated carbocycles. The van der Waals surface area contributed by atoms with Crippen molar-refractivity contribution >= 4 is 16.7 Å². The number of ketones is 1. The lowest BCUT2D eigenvalue weighted by atomic mass is 10.0. The number of carbonyl (C=O) groups excluding carboxylic acids is 1. The van der Waals surface area contributed by atoms with Crippen LogP contribution >= 0.6 is 0 Å². The van der Waals surface area contributed by atoms with E-state index in [9.17, 15) is 4.79 Å². The Morgan fingerprint density at radius 3 is 2.82 bits per heavy atom. The summed E-state index contributed by atoms with van der Waals surface area (Å²) in [5.74, 6) is 0.446. The molecule has 17 heavy (non-hydrogen) atoms. The highest BCUT2D eigenvalue weighted by Gasteiger charge is 2.07. The summed E-state index contributed by atoms with van der Waals surface area (Å²) in [6, 6.07) is 10.2. The number of hydrogen-bond donors (Lipinski definition) is 0. The molecular weight excluding hydrogens is 210 g/mol.